The number of carboxylic acid groups (broad SMARTS) is 1. The molecule has 0 fully saturated rings. The maximum atomic E-state index is 11.1. The van der Waals surface area contributed by atoms with Gasteiger partial charge in [0, 0.05) is 18.4 Å². The van der Waals surface area contributed by atoms with Gasteiger partial charge in [0.1, 0.15) is 5.56 Å². The summed E-state index contributed by atoms with van der Waals surface area (Å²) in [6.07, 6.45) is 11.6. The molecule has 1 aromatic heterocycles. The summed E-state index contributed by atoms with van der Waals surface area (Å²) in [6.45, 7) is 4.92. The molecule has 118 valence electrons. The summed E-state index contributed by atoms with van der Waals surface area (Å²) in [4.78, 5) is 15.1. The molecular formula is C17H28N2O2. The van der Waals surface area contributed by atoms with Gasteiger partial charge in [0.25, 0.3) is 0 Å². The van der Waals surface area contributed by atoms with Crippen molar-refractivity contribution in [1.82, 2.24) is 4.98 Å². The number of nitrogens with zero attached hydrogens (tertiary/aromatic N) is 1. The summed E-state index contributed by atoms with van der Waals surface area (Å²) >= 11 is 0. The van der Waals surface area contributed by atoms with Gasteiger partial charge in [-0.15, -0.1) is 0 Å². The van der Waals surface area contributed by atoms with Crippen molar-refractivity contribution in [2.75, 3.05) is 11.9 Å². The number of rotatable bonds is 11. The second-order valence-corrected chi connectivity index (χ2v) is 5.58. The van der Waals surface area contributed by atoms with E-state index >= 15 is 0 Å². The van der Waals surface area contributed by atoms with Crippen LogP contribution in [0.3, 0.4) is 0 Å². The average molecular weight is 292 g/mol. The van der Waals surface area contributed by atoms with E-state index in [0.29, 0.717) is 5.69 Å². The fraction of sp³-hybridized carbons (Fsp3) is 0.647. The Hall–Kier alpha value is -1.58. The van der Waals surface area contributed by atoms with E-state index in [-0.39, 0.29) is 5.56 Å². The second kappa shape index (κ2) is 10.2. The van der Waals surface area contributed by atoms with Crippen molar-refractivity contribution in [3.63, 3.8) is 0 Å². The summed E-state index contributed by atoms with van der Waals surface area (Å²) in [7, 11) is 0. The predicted molar refractivity (Wildman–Crippen MR) is 87.0 cm³/mol. The summed E-state index contributed by atoms with van der Waals surface area (Å²) in [5.41, 5.74) is 1.76. The maximum Gasteiger partial charge on any atom is 0.339 e. The Morgan fingerprint density at radius 1 is 1.14 bits per heavy atom. The first-order chi connectivity index (χ1) is 10.1. The van der Waals surface area contributed by atoms with Crippen molar-refractivity contribution in [2.24, 2.45) is 0 Å². The smallest absolute Gasteiger partial charge is 0.339 e. The zero-order valence-corrected chi connectivity index (χ0v) is 13.3. The normalized spacial score (nSPS) is 10.6. The monoisotopic (exact) mass is 292 g/mol. The van der Waals surface area contributed by atoms with Crippen molar-refractivity contribution >= 4 is 11.7 Å². The number of pyridine rings is 1. The third kappa shape index (κ3) is 7.11. The number of hydrogen-bond donors (Lipinski definition) is 2. The van der Waals surface area contributed by atoms with Gasteiger partial charge in [-0.25, -0.2) is 4.79 Å². The van der Waals surface area contributed by atoms with Crippen LogP contribution in [0.25, 0.3) is 0 Å². The number of aromatic nitrogens is 1. The number of unbranched alkanes of at least 4 members (excludes halogenated alkanes) is 7. The Kier molecular flexibility index (Phi) is 8.48. The van der Waals surface area contributed by atoms with E-state index in [1.54, 1.807) is 6.07 Å². The number of aromatic carboxylic acids is 1. The van der Waals surface area contributed by atoms with Gasteiger partial charge in [0.15, 0.2) is 0 Å². The molecule has 0 radical (unpaired) electrons. The van der Waals surface area contributed by atoms with Gasteiger partial charge in [-0.1, -0.05) is 51.9 Å². The molecule has 1 heterocycles. The van der Waals surface area contributed by atoms with Crippen LogP contribution in [0, 0.1) is 6.92 Å². The van der Waals surface area contributed by atoms with Gasteiger partial charge >= 0.3 is 5.97 Å². The lowest BCUT2D eigenvalue weighted by Crippen LogP contribution is -2.08. The highest BCUT2D eigenvalue weighted by Gasteiger charge is 2.10. The van der Waals surface area contributed by atoms with E-state index in [1.807, 2.05) is 6.92 Å². The first kappa shape index (κ1) is 17.5. The van der Waals surface area contributed by atoms with Gasteiger partial charge in [-0.2, -0.15) is 0 Å². The van der Waals surface area contributed by atoms with Crippen LogP contribution in [0.2, 0.25) is 0 Å². The largest absolute Gasteiger partial charge is 0.478 e. The second-order valence-electron chi connectivity index (χ2n) is 5.58. The molecule has 21 heavy (non-hydrogen) atoms. The lowest BCUT2D eigenvalue weighted by atomic mass is 10.1. The van der Waals surface area contributed by atoms with E-state index in [9.17, 15) is 4.79 Å². The van der Waals surface area contributed by atoms with Gasteiger partial charge in [0.05, 0.1) is 5.69 Å². The van der Waals surface area contributed by atoms with E-state index in [4.69, 9.17) is 5.11 Å². The molecule has 0 atom stereocenters. The Bertz CT molecular complexity index is 433. The Labute approximate surface area is 128 Å². The molecule has 0 saturated carbocycles. The molecule has 0 bridgehead atoms. The molecular weight excluding hydrogens is 264 g/mol. The molecule has 0 spiro atoms. The first-order valence-electron chi connectivity index (χ1n) is 8.09. The zero-order valence-electron chi connectivity index (χ0n) is 13.3. The quantitative estimate of drug-likeness (QED) is 0.583. The van der Waals surface area contributed by atoms with E-state index in [1.165, 1.54) is 51.1 Å². The predicted octanol–water partition coefficient (Wildman–Crippen LogP) is 4.64. The maximum absolute atomic E-state index is 11.1. The third-order valence-corrected chi connectivity index (χ3v) is 3.62. The fourth-order valence-corrected chi connectivity index (χ4v) is 2.36. The minimum atomic E-state index is -0.930. The van der Waals surface area contributed by atoms with Crippen LogP contribution in [-0.2, 0) is 0 Å². The average Bonchev–Trinajstić information content (AvgIpc) is 2.45. The Balaban J connectivity index is 2.21. The summed E-state index contributed by atoms with van der Waals surface area (Å²) in [5.74, 6) is -0.930. The van der Waals surface area contributed by atoms with Crippen LogP contribution in [0.1, 0.15) is 74.3 Å². The number of aryl methyl sites for hydroxylation is 1. The van der Waals surface area contributed by atoms with Crippen molar-refractivity contribution in [2.45, 2.75) is 65.2 Å². The van der Waals surface area contributed by atoms with Crippen LogP contribution in [0.15, 0.2) is 12.3 Å². The summed E-state index contributed by atoms with van der Waals surface area (Å²) in [5, 5.41) is 12.3. The van der Waals surface area contributed by atoms with Crippen LogP contribution in [-0.4, -0.2) is 22.6 Å². The number of nitrogens with one attached hydrogen (secondary N) is 1. The number of carbonyl (C=O) groups is 1. The van der Waals surface area contributed by atoms with E-state index in [2.05, 4.69) is 17.2 Å². The highest BCUT2D eigenvalue weighted by atomic mass is 16.4. The molecule has 2 N–H and O–H groups in total. The molecule has 0 aliphatic carbocycles. The molecule has 4 nitrogen and oxygen atoms in total. The highest BCUT2D eigenvalue weighted by Crippen LogP contribution is 2.16. The van der Waals surface area contributed by atoms with Crippen molar-refractivity contribution < 1.29 is 9.90 Å². The molecule has 0 saturated heterocycles. The molecule has 4 heteroatoms. The Morgan fingerprint density at radius 2 is 1.76 bits per heavy atom. The number of anilines is 1. The molecule has 1 aromatic rings. The van der Waals surface area contributed by atoms with Gasteiger partial charge in [-0.3, -0.25) is 4.98 Å². The summed E-state index contributed by atoms with van der Waals surface area (Å²) < 4.78 is 0. The lowest BCUT2D eigenvalue weighted by Gasteiger charge is -2.10. The minimum Gasteiger partial charge on any atom is -0.478 e. The van der Waals surface area contributed by atoms with Crippen molar-refractivity contribution in [3.8, 4) is 0 Å². The number of carboxylic acids is 1. The van der Waals surface area contributed by atoms with Crippen LogP contribution in [0.4, 0.5) is 5.69 Å². The van der Waals surface area contributed by atoms with Crippen LogP contribution < -0.4 is 5.32 Å². The molecule has 1 rings (SSSR count). The standard InChI is InChI=1S/C17H28N2O2/c1-3-4-5-6-7-8-9-10-11-18-16-12-14(2)19-13-15(16)17(20)21/h12-13H,3-11H2,1-2H3,(H,18,19)(H,20,21). The zero-order chi connectivity index (χ0) is 15.5. The minimum absolute atomic E-state index is 0.250. The summed E-state index contributed by atoms with van der Waals surface area (Å²) in [6, 6.07) is 1.80. The first-order valence-corrected chi connectivity index (χ1v) is 8.09. The van der Waals surface area contributed by atoms with Crippen molar-refractivity contribution in [3.05, 3.63) is 23.5 Å². The molecule has 0 unspecified atom stereocenters. The third-order valence-electron chi connectivity index (χ3n) is 3.62. The van der Waals surface area contributed by atoms with E-state index in [0.717, 1.165) is 18.7 Å². The number of hydrogen-bond acceptors (Lipinski definition) is 3. The lowest BCUT2D eigenvalue weighted by molar-refractivity contribution is 0.0697. The molecule has 0 amide bonds. The Morgan fingerprint density at radius 3 is 2.38 bits per heavy atom. The van der Waals surface area contributed by atoms with Gasteiger partial charge in [-0.05, 0) is 19.4 Å². The van der Waals surface area contributed by atoms with E-state index < -0.39 is 5.97 Å². The fourth-order valence-electron chi connectivity index (χ4n) is 2.36. The highest BCUT2D eigenvalue weighted by molar-refractivity contribution is 5.93. The molecule has 0 aromatic carbocycles. The topological polar surface area (TPSA) is 62.2 Å². The molecule has 0 aliphatic heterocycles. The van der Waals surface area contributed by atoms with Gasteiger partial charge in [0.2, 0.25) is 0 Å². The SMILES string of the molecule is CCCCCCCCCCNc1cc(C)ncc1C(=O)O. The molecule has 0 aliphatic rings. The van der Waals surface area contributed by atoms with Crippen molar-refractivity contribution in [1.29, 1.82) is 0 Å². The van der Waals surface area contributed by atoms with Gasteiger partial charge < -0.3 is 10.4 Å². The van der Waals surface area contributed by atoms with Crippen LogP contribution in [0.5, 0.6) is 0 Å². The van der Waals surface area contributed by atoms with Crippen LogP contribution >= 0.6 is 0 Å².